The lowest BCUT2D eigenvalue weighted by atomic mass is 10.1. The number of fused-ring (bicyclic) bond motifs is 1. The molecular formula is C13H12BrNO4S2. The van der Waals surface area contributed by atoms with E-state index in [1.807, 2.05) is 6.07 Å². The third kappa shape index (κ3) is 2.94. The van der Waals surface area contributed by atoms with Gasteiger partial charge in [-0.15, -0.1) is 11.3 Å². The van der Waals surface area contributed by atoms with Crippen LogP contribution < -0.4 is 14.2 Å². The van der Waals surface area contributed by atoms with E-state index in [2.05, 4.69) is 20.7 Å². The average molecular weight is 390 g/mol. The number of hydrogen-bond acceptors (Lipinski definition) is 5. The monoisotopic (exact) mass is 389 g/mol. The van der Waals surface area contributed by atoms with Gasteiger partial charge in [0, 0.05) is 10.5 Å². The fourth-order valence-electron chi connectivity index (χ4n) is 2.01. The highest BCUT2D eigenvalue weighted by molar-refractivity contribution is 9.10. The number of rotatable bonds is 4. The quantitative estimate of drug-likeness (QED) is 0.871. The van der Waals surface area contributed by atoms with Gasteiger partial charge in [0.05, 0.1) is 0 Å². The summed E-state index contributed by atoms with van der Waals surface area (Å²) in [5.41, 5.74) is 0.815. The largest absolute Gasteiger partial charge is 0.454 e. The Bertz CT molecular complexity index is 772. The van der Waals surface area contributed by atoms with Gasteiger partial charge in [-0.3, -0.25) is 0 Å². The molecular weight excluding hydrogens is 378 g/mol. The Hall–Kier alpha value is -1.09. The van der Waals surface area contributed by atoms with Gasteiger partial charge in [0.15, 0.2) is 11.5 Å². The molecule has 1 aromatic heterocycles. The molecule has 1 aliphatic heterocycles. The van der Waals surface area contributed by atoms with E-state index in [9.17, 15) is 8.42 Å². The summed E-state index contributed by atoms with van der Waals surface area (Å²) in [6.45, 7) is 1.98. The molecule has 1 unspecified atom stereocenters. The van der Waals surface area contributed by atoms with Crippen molar-refractivity contribution in [2.75, 3.05) is 6.79 Å². The molecule has 0 aliphatic carbocycles. The number of benzene rings is 1. The summed E-state index contributed by atoms with van der Waals surface area (Å²) in [6.07, 6.45) is 0. The number of hydrogen-bond donors (Lipinski definition) is 1. The van der Waals surface area contributed by atoms with E-state index in [1.165, 1.54) is 11.3 Å². The second-order valence-corrected chi connectivity index (χ2v) is 8.19. The van der Waals surface area contributed by atoms with Crippen molar-refractivity contribution >= 4 is 37.3 Å². The van der Waals surface area contributed by atoms with Crippen LogP contribution in [0.5, 0.6) is 11.5 Å². The summed E-state index contributed by atoms with van der Waals surface area (Å²) in [6, 6.07) is 6.73. The van der Waals surface area contributed by atoms with Crippen LogP contribution in [0.1, 0.15) is 18.5 Å². The minimum atomic E-state index is -3.56. The maximum Gasteiger partial charge on any atom is 0.251 e. The second-order valence-electron chi connectivity index (χ2n) is 4.51. The van der Waals surface area contributed by atoms with Crippen molar-refractivity contribution in [2.24, 2.45) is 0 Å². The van der Waals surface area contributed by atoms with Gasteiger partial charge in [0.25, 0.3) is 10.0 Å². The van der Waals surface area contributed by atoms with Gasteiger partial charge >= 0.3 is 0 Å². The summed E-state index contributed by atoms with van der Waals surface area (Å²) >= 11 is 4.42. The number of halogens is 1. The fourth-order valence-corrected chi connectivity index (χ4v) is 5.59. The Morgan fingerprint density at radius 3 is 2.76 bits per heavy atom. The first kappa shape index (κ1) is 14.8. The first-order chi connectivity index (χ1) is 9.97. The van der Waals surface area contributed by atoms with Crippen LogP contribution in [0.15, 0.2) is 38.3 Å². The highest BCUT2D eigenvalue weighted by Crippen LogP contribution is 2.35. The van der Waals surface area contributed by atoms with Crippen LogP contribution in [0.4, 0.5) is 0 Å². The zero-order valence-corrected chi connectivity index (χ0v) is 14.2. The molecule has 0 bridgehead atoms. The first-order valence-corrected chi connectivity index (χ1v) is 9.28. The molecule has 21 heavy (non-hydrogen) atoms. The van der Waals surface area contributed by atoms with Gasteiger partial charge in [0.2, 0.25) is 6.79 Å². The smallest absolute Gasteiger partial charge is 0.251 e. The maximum absolute atomic E-state index is 12.3. The van der Waals surface area contributed by atoms with E-state index in [1.54, 1.807) is 30.5 Å². The summed E-state index contributed by atoms with van der Waals surface area (Å²) in [5, 5.41) is 1.73. The third-order valence-electron chi connectivity index (χ3n) is 3.06. The molecule has 1 N–H and O–H groups in total. The Labute approximate surface area is 135 Å². The number of thiophene rings is 1. The Kier molecular flexibility index (Phi) is 3.96. The molecule has 2 aromatic rings. The molecule has 112 valence electrons. The van der Waals surface area contributed by atoms with Gasteiger partial charge in [-0.05, 0) is 52.0 Å². The maximum atomic E-state index is 12.3. The molecule has 1 aliphatic rings. The lowest BCUT2D eigenvalue weighted by molar-refractivity contribution is 0.174. The molecule has 0 fully saturated rings. The highest BCUT2D eigenvalue weighted by atomic mass is 79.9. The predicted molar refractivity (Wildman–Crippen MR) is 83.3 cm³/mol. The Morgan fingerprint density at radius 2 is 2.05 bits per heavy atom. The lowest BCUT2D eigenvalue weighted by Gasteiger charge is -2.14. The van der Waals surface area contributed by atoms with Crippen LogP contribution in [-0.4, -0.2) is 15.2 Å². The van der Waals surface area contributed by atoms with Gasteiger partial charge < -0.3 is 9.47 Å². The van der Waals surface area contributed by atoms with E-state index >= 15 is 0 Å². The van der Waals surface area contributed by atoms with Crippen molar-refractivity contribution in [2.45, 2.75) is 17.2 Å². The molecule has 1 aromatic carbocycles. The standard InChI is InChI=1S/C13H12BrNO4S2/c1-8(9-2-3-11-12(6-9)19-7-18-11)15-21(16,17)13-10(14)4-5-20-13/h2-6,8,15H,7H2,1H3. The topological polar surface area (TPSA) is 64.6 Å². The molecule has 0 radical (unpaired) electrons. The molecule has 0 saturated heterocycles. The molecule has 0 saturated carbocycles. The zero-order chi connectivity index (χ0) is 15.0. The van der Waals surface area contributed by atoms with E-state index in [0.717, 1.165) is 5.56 Å². The van der Waals surface area contributed by atoms with Crippen LogP contribution in [0, 0.1) is 0 Å². The van der Waals surface area contributed by atoms with Gasteiger partial charge in [0.1, 0.15) is 4.21 Å². The molecule has 8 heteroatoms. The predicted octanol–water partition coefficient (Wildman–Crippen LogP) is 3.28. The average Bonchev–Trinajstić information content (AvgIpc) is 3.05. The SMILES string of the molecule is CC(NS(=O)(=O)c1sccc1Br)c1ccc2c(c1)OCO2. The summed E-state index contributed by atoms with van der Waals surface area (Å²) in [5.74, 6) is 1.31. The molecule has 5 nitrogen and oxygen atoms in total. The van der Waals surface area contributed by atoms with Crippen LogP contribution in [0.3, 0.4) is 0 Å². The highest BCUT2D eigenvalue weighted by Gasteiger charge is 2.23. The van der Waals surface area contributed by atoms with Crippen LogP contribution in [-0.2, 0) is 10.0 Å². The van der Waals surface area contributed by atoms with Crippen LogP contribution in [0.2, 0.25) is 0 Å². The van der Waals surface area contributed by atoms with Gasteiger partial charge in [-0.2, -0.15) is 0 Å². The van der Waals surface area contributed by atoms with Crippen molar-refractivity contribution in [1.82, 2.24) is 4.72 Å². The number of ether oxygens (including phenoxy) is 2. The molecule has 2 heterocycles. The third-order valence-corrected chi connectivity index (χ3v) is 7.27. The van der Waals surface area contributed by atoms with E-state index in [-0.39, 0.29) is 17.0 Å². The Morgan fingerprint density at radius 1 is 1.29 bits per heavy atom. The van der Waals surface area contributed by atoms with E-state index in [0.29, 0.717) is 16.0 Å². The van der Waals surface area contributed by atoms with Gasteiger partial charge in [-0.25, -0.2) is 13.1 Å². The van der Waals surface area contributed by atoms with Crippen molar-refractivity contribution in [3.63, 3.8) is 0 Å². The summed E-state index contributed by atoms with van der Waals surface area (Å²) in [7, 11) is -3.56. The minimum Gasteiger partial charge on any atom is -0.454 e. The summed E-state index contributed by atoms with van der Waals surface area (Å²) in [4.78, 5) is 0. The van der Waals surface area contributed by atoms with Crippen molar-refractivity contribution in [1.29, 1.82) is 0 Å². The van der Waals surface area contributed by atoms with E-state index < -0.39 is 10.0 Å². The van der Waals surface area contributed by atoms with Crippen molar-refractivity contribution in [3.8, 4) is 11.5 Å². The van der Waals surface area contributed by atoms with E-state index in [4.69, 9.17) is 9.47 Å². The molecule has 3 rings (SSSR count). The first-order valence-electron chi connectivity index (χ1n) is 6.12. The molecule has 1 atom stereocenters. The summed E-state index contributed by atoms with van der Waals surface area (Å²) < 4.78 is 38.7. The second kappa shape index (κ2) is 5.60. The number of sulfonamides is 1. The van der Waals surface area contributed by atoms with Crippen LogP contribution >= 0.6 is 27.3 Å². The molecule has 0 spiro atoms. The Balaban J connectivity index is 1.83. The fraction of sp³-hybridized carbons (Fsp3) is 0.231. The van der Waals surface area contributed by atoms with Crippen LogP contribution in [0.25, 0.3) is 0 Å². The number of nitrogens with one attached hydrogen (secondary N) is 1. The van der Waals surface area contributed by atoms with Crippen molar-refractivity contribution < 1.29 is 17.9 Å². The lowest BCUT2D eigenvalue weighted by Crippen LogP contribution is -2.26. The minimum absolute atomic E-state index is 0.195. The normalized spacial score (nSPS) is 15.1. The molecule has 0 amide bonds. The zero-order valence-electron chi connectivity index (χ0n) is 11.0. The van der Waals surface area contributed by atoms with Crippen molar-refractivity contribution in [3.05, 3.63) is 39.7 Å². The van der Waals surface area contributed by atoms with Gasteiger partial charge in [-0.1, -0.05) is 6.07 Å².